The highest BCUT2D eigenvalue weighted by molar-refractivity contribution is 8.76. The molecule has 0 aliphatic carbocycles. The van der Waals surface area contributed by atoms with Gasteiger partial charge < -0.3 is 20.6 Å². The molecule has 298 valence electrons. The first-order valence-electron chi connectivity index (χ1n) is 20.5. The molecular formula is C50H46N6O2S2+2. The van der Waals surface area contributed by atoms with Crippen LogP contribution in [0.2, 0.25) is 0 Å². The number of nitrogens with one attached hydrogen (secondary N) is 4. The van der Waals surface area contributed by atoms with Crippen molar-refractivity contribution < 1.29 is 18.7 Å². The second kappa shape index (κ2) is 14.9. The first-order chi connectivity index (χ1) is 29.1. The predicted molar refractivity (Wildman–Crippen MR) is 244 cm³/mol. The van der Waals surface area contributed by atoms with Gasteiger partial charge in [-0.15, -0.1) is 0 Å². The number of carbonyl (C=O) groups is 2. The van der Waals surface area contributed by atoms with Crippen LogP contribution in [0.15, 0.2) is 134 Å². The first-order valence-corrected chi connectivity index (χ1v) is 22.9. The smallest absolute Gasteiger partial charge is 0.251 e. The summed E-state index contributed by atoms with van der Waals surface area (Å²) >= 11 is 0. The molecule has 2 aliphatic rings. The lowest BCUT2D eigenvalue weighted by Crippen LogP contribution is -2.34. The molecule has 2 aliphatic heterocycles. The molecule has 4 N–H and O–H groups in total. The first kappa shape index (κ1) is 38.1. The lowest BCUT2D eigenvalue weighted by Gasteiger charge is -2.15. The Morgan fingerprint density at radius 2 is 1.00 bits per heavy atom. The van der Waals surface area contributed by atoms with Gasteiger partial charge in [0.05, 0.1) is 10.8 Å². The lowest BCUT2D eigenvalue weighted by atomic mass is 9.82. The Bertz CT molecular complexity index is 2810. The van der Waals surface area contributed by atoms with Gasteiger partial charge in [-0.05, 0) is 75.2 Å². The van der Waals surface area contributed by atoms with Crippen LogP contribution >= 0.6 is 21.6 Å². The van der Waals surface area contributed by atoms with Gasteiger partial charge in [0.15, 0.2) is 23.8 Å². The average molecular weight is 827 g/mol. The van der Waals surface area contributed by atoms with Gasteiger partial charge >= 0.3 is 0 Å². The molecule has 0 spiro atoms. The summed E-state index contributed by atoms with van der Waals surface area (Å²) in [6.07, 6.45) is 8.46. The number of para-hydroxylation sites is 2. The summed E-state index contributed by atoms with van der Waals surface area (Å²) in [4.78, 5) is 33.4. The van der Waals surface area contributed by atoms with Crippen molar-refractivity contribution in [2.24, 2.45) is 0 Å². The maximum Gasteiger partial charge on any atom is 0.251 e. The summed E-state index contributed by atoms with van der Waals surface area (Å²) in [5.74, 6) is 1.39. The molecule has 2 amide bonds. The highest BCUT2D eigenvalue weighted by Crippen LogP contribution is 2.42. The highest BCUT2D eigenvalue weighted by Gasteiger charge is 2.45. The summed E-state index contributed by atoms with van der Waals surface area (Å²) in [5, 5.41) is 8.63. The Morgan fingerprint density at radius 1 is 0.567 bits per heavy atom. The minimum Gasteiger partial charge on any atom is -0.361 e. The molecule has 0 radical (unpaired) electrons. The fourth-order valence-corrected chi connectivity index (χ4v) is 10.9. The molecular weight excluding hydrogens is 781 g/mol. The average Bonchev–Trinajstić information content (AvgIpc) is 4.01. The van der Waals surface area contributed by atoms with Crippen LogP contribution in [0.4, 0.5) is 0 Å². The van der Waals surface area contributed by atoms with Crippen molar-refractivity contribution in [2.75, 3.05) is 24.6 Å². The number of pyridine rings is 2. The van der Waals surface area contributed by atoms with E-state index in [1.807, 2.05) is 24.3 Å². The Kier molecular flexibility index (Phi) is 9.45. The van der Waals surface area contributed by atoms with E-state index in [2.05, 4.69) is 167 Å². The normalized spacial score (nSPS) is 14.1. The van der Waals surface area contributed by atoms with Crippen molar-refractivity contribution >= 4 is 55.2 Å². The van der Waals surface area contributed by atoms with Crippen molar-refractivity contribution in [1.29, 1.82) is 0 Å². The molecule has 4 aromatic carbocycles. The number of carbonyl (C=O) groups excluding carboxylic acids is 2. The van der Waals surface area contributed by atoms with Crippen molar-refractivity contribution in [1.82, 2.24) is 20.6 Å². The number of benzene rings is 4. The largest absolute Gasteiger partial charge is 0.361 e. The van der Waals surface area contributed by atoms with E-state index in [0.29, 0.717) is 24.2 Å². The number of H-pyrrole nitrogens is 2. The van der Waals surface area contributed by atoms with Crippen molar-refractivity contribution in [2.45, 2.75) is 38.5 Å². The molecule has 0 saturated heterocycles. The maximum atomic E-state index is 13.3. The minimum atomic E-state index is -0.276. The van der Waals surface area contributed by atoms with Gasteiger partial charge in [-0.2, -0.15) is 9.13 Å². The van der Waals surface area contributed by atoms with Crippen LogP contribution in [-0.4, -0.2) is 46.4 Å². The molecule has 0 bridgehead atoms. The van der Waals surface area contributed by atoms with Gasteiger partial charge in [0, 0.05) is 129 Å². The van der Waals surface area contributed by atoms with Gasteiger partial charge in [-0.25, -0.2) is 0 Å². The monoisotopic (exact) mass is 826 g/mol. The molecule has 8 aromatic rings. The standard InChI is InChI=1S/C50H44N6O2S2/c1-49(2)39-25-33(13-15-43(39)55-21-17-31(27-45(49)55)37-29-53-41-11-7-5-9-35(37)41)47(57)51-19-23-59-60-24-20-52-48(58)34-14-16-44-40(26-34)50(3,4)46-28-32(18-22-56(44)46)38-30-54-42-12-8-6-10-36(38)42/h5-18,21-22,25-30H,19-20,23-24H2,1-4H3,(H2,51,52,57,58)/p+2. The zero-order chi connectivity index (χ0) is 41.2. The quantitative estimate of drug-likeness (QED) is 0.0594. The van der Waals surface area contributed by atoms with Gasteiger partial charge in [0.25, 0.3) is 11.8 Å². The summed E-state index contributed by atoms with van der Waals surface area (Å²) < 4.78 is 4.50. The number of hydrogen-bond acceptors (Lipinski definition) is 4. The van der Waals surface area contributed by atoms with Crippen molar-refractivity contribution in [3.8, 4) is 33.6 Å². The van der Waals surface area contributed by atoms with Crippen LogP contribution < -0.4 is 19.8 Å². The second-order valence-corrected chi connectivity index (χ2v) is 19.4. The minimum absolute atomic E-state index is 0.0688. The zero-order valence-electron chi connectivity index (χ0n) is 34.1. The van der Waals surface area contributed by atoms with E-state index >= 15 is 0 Å². The van der Waals surface area contributed by atoms with E-state index in [1.165, 1.54) is 44.4 Å². The van der Waals surface area contributed by atoms with Crippen LogP contribution in [0.1, 0.15) is 70.9 Å². The SMILES string of the molecule is CC1(C)c2cc(C(=O)NCCSSCCNC(=O)c3ccc4c(c3)C(C)(C)c3cc(-c5c[nH]c6ccccc56)cc[n+]3-4)ccc2-[n+]2ccc(-c3c[nH]c4ccccc34)cc21. The lowest BCUT2D eigenvalue weighted by molar-refractivity contribution is -0.600. The van der Waals surface area contributed by atoms with Gasteiger partial charge in [0.2, 0.25) is 11.4 Å². The van der Waals surface area contributed by atoms with Crippen molar-refractivity contribution in [3.63, 3.8) is 0 Å². The maximum absolute atomic E-state index is 13.3. The Balaban J connectivity index is 0.701. The Morgan fingerprint density at radius 3 is 1.45 bits per heavy atom. The van der Waals surface area contributed by atoms with E-state index < -0.39 is 0 Å². The molecule has 0 saturated carbocycles. The highest BCUT2D eigenvalue weighted by atomic mass is 33.1. The zero-order valence-corrected chi connectivity index (χ0v) is 35.7. The Hall–Kier alpha value is -6.10. The number of rotatable bonds is 11. The number of aromatic nitrogens is 4. The summed E-state index contributed by atoms with van der Waals surface area (Å²) in [6, 6.07) is 37.7. The molecule has 10 rings (SSSR count). The van der Waals surface area contributed by atoms with Gasteiger partial charge in [-0.3, -0.25) is 9.59 Å². The molecule has 60 heavy (non-hydrogen) atoms. The third-order valence-electron chi connectivity index (χ3n) is 12.4. The van der Waals surface area contributed by atoms with E-state index in [9.17, 15) is 9.59 Å². The van der Waals surface area contributed by atoms with Gasteiger partial charge in [-0.1, -0.05) is 58.0 Å². The van der Waals surface area contributed by atoms with Crippen LogP contribution in [0.25, 0.3) is 55.4 Å². The topological polar surface area (TPSA) is 97.5 Å². The van der Waals surface area contributed by atoms with E-state index in [-0.39, 0.29) is 22.6 Å². The fraction of sp³-hybridized carbons (Fsp3) is 0.200. The molecule has 0 fully saturated rings. The number of nitrogens with zero attached hydrogens (tertiary/aromatic N) is 2. The van der Waals surface area contributed by atoms with E-state index in [0.717, 1.165) is 45.0 Å². The number of amides is 2. The second-order valence-electron chi connectivity index (χ2n) is 16.7. The molecule has 8 nitrogen and oxygen atoms in total. The molecule has 0 atom stereocenters. The molecule has 6 heterocycles. The third-order valence-corrected chi connectivity index (χ3v) is 14.8. The Labute approximate surface area is 357 Å². The fourth-order valence-electron chi connectivity index (χ4n) is 9.13. The van der Waals surface area contributed by atoms with Crippen LogP contribution in [-0.2, 0) is 10.8 Å². The van der Waals surface area contributed by atoms with Crippen LogP contribution in [0.5, 0.6) is 0 Å². The van der Waals surface area contributed by atoms with Gasteiger partial charge in [0.1, 0.15) is 0 Å². The molecule has 10 heteroatoms. The molecule has 4 aromatic heterocycles. The summed E-state index contributed by atoms with van der Waals surface area (Å²) in [6.45, 7) is 10.0. The van der Waals surface area contributed by atoms with E-state index in [1.54, 1.807) is 21.6 Å². The molecule has 0 unspecified atom stereocenters. The number of fused-ring (bicyclic) bond motifs is 8. The number of aromatic amines is 2. The van der Waals surface area contributed by atoms with Crippen LogP contribution in [0, 0.1) is 0 Å². The third kappa shape index (κ3) is 6.40. The van der Waals surface area contributed by atoms with E-state index in [4.69, 9.17) is 0 Å². The number of hydrogen-bond donors (Lipinski definition) is 4. The van der Waals surface area contributed by atoms with Crippen LogP contribution in [0.3, 0.4) is 0 Å². The summed E-state index contributed by atoms with van der Waals surface area (Å²) in [5.41, 5.74) is 14.6. The summed E-state index contributed by atoms with van der Waals surface area (Å²) in [7, 11) is 3.40. The predicted octanol–water partition coefficient (Wildman–Crippen LogP) is 9.36. The van der Waals surface area contributed by atoms with Crippen molar-refractivity contribution in [3.05, 3.63) is 168 Å².